The van der Waals surface area contributed by atoms with E-state index in [0.29, 0.717) is 35.5 Å². The quantitative estimate of drug-likeness (QED) is 0.429. The Balaban J connectivity index is 1.72. The van der Waals surface area contributed by atoms with Crippen LogP contribution < -0.4 is 11.1 Å². The van der Waals surface area contributed by atoms with Gasteiger partial charge in [0.2, 0.25) is 5.91 Å². The first-order valence-corrected chi connectivity index (χ1v) is 10.2. The van der Waals surface area contributed by atoms with Crippen molar-refractivity contribution in [1.82, 2.24) is 19.9 Å². The number of hydrogen-bond donors (Lipinski definition) is 2. The molecule has 166 valence electrons. The maximum absolute atomic E-state index is 13.8. The average molecular weight is 446 g/mol. The summed E-state index contributed by atoms with van der Waals surface area (Å²) in [6.45, 7) is 0.458. The van der Waals surface area contributed by atoms with Gasteiger partial charge in [-0.1, -0.05) is 6.07 Å². The van der Waals surface area contributed by atoms with Crippen molar-refractivity contribution in [3.05, 3.63) is 102 Å². The van der Waals surface area contributed by atoms with E-state index < -0.39 is 23.5 Å². The van der Waals surface area contributed by atoms with E-state index in [1.807, 2.05) is 18.2 Å². The van der Waals surface area contributed by atoms with E-state index in [4.69, 9.17) is 5.73 Å². The van der Waals surface area contributed by atoms with Gasteiger partial charge in [0.25, 0.3) is 0 Å². The standard InChI is InChI=1S/C24H20F2N6O/c25-19-5-4-16(13-20(19)26)23-31-14-18(21(22(27)33)15-6-10-28-11-7-15)24(32-23)30-12-8-17-3-1-2-9-29-17/h1-7,9-11,13-14,21H,8,12H2,(H2,27,33)(H,30,31,32). The molecule has 0 fully saturated rings. The van der Waals surface area contributed by atoms with Crippen LogP contribution >= 0.6 is 0 Å². The smallest absolute Gasteiger partial charge is 0.229 e. The molecule has 1 atom stereocenters. The van der Waals surface area contributed by atoms with E-state index in [9.17, 15) is 13.6 Å². The van der Waals surface area contributed by atoms with Gasteiger partial charge in [0, 0.05) is 54.6 Å². The Morgan fingerprint density at radius 1 is 1.00 bits per heavy atom. The number of anilines is 1. The number of nitrogens with zero attached hydrogens (tertiary/aromatic N) is 4. The van der Waals surface area contributed by atoms with Crippen LogP contribution in [0.3, 0.4) is 0 Å². The summed E-state index contributed by atoms with van der Waals surface area (Å²) in [5.74, 6) is -2.84. The lowest BCUT2D eigenvalue weighted by Gasteiger charge is -2.19. The Morgan fingerprint density at radius 2 is 1.82 bits per heavy atom. The second-order valence-corrected chi connectivity index (χ2v) is 7.24. The Morgan fingerprint density at radius 3 is 2.52 bits per heavy atom. The van der Waals surface area contributed by atoms with E-state index >= 15 is 0 Å². The number of pyridine rings is 2. The molecule has 0 aliphatic heterocycles. The molecule has 3 aromatic heterocycles. The van der Waals surface area contributed by atoms with Crippen LogP contribution in [0.25, 0.3) is 11.4 Å². The molecule has 1 amide bonds. The molecule has 1 aromatic carbocycles. The molecule has 1 unspecified atom stereocenters. The molecule has 7 nitrogen and oxygen atoms in total. The highest BCUT2D eigenvalue weighted by Gasteiger charge is 2.25. The van der Waals surface area contributed by atoms with E-state index in [1.165, 1.54) is 12.3 Å². The monoisotopic (exact) mass is 446 g/mol. The fourth-order valence-electron chi connectivity index (χ4n) is 3.43. The summed E-state index contributed by atoms with van der Waals surface area (Å²) >= 11 is 0. The number of amides is 1. The Labute approximate surface area is 188 Å². The van der Waals surface area contributed by atoms with Gasteiger partial charge in [0.15, 0.2) is 17.5 Å². The van der Waals surface area contributed by atoms with Crippen molar-refractivity contribution in [2.45, 2.75) is 12.3 Å². The van der Waals surface area contributed by atoms with Crippen molar-refractivity contribution in [1.29, 1.82) is 0 Å². The molecule has 4 rings (SSSR count). The lowest BCUT2D eigenvalue weighted by molar-refractivity contribution is -0.118. The predicted molar refractivity (Wildman–Crippen MR) is 119 cm³/mol. The van der Waals surface area contributed by atoms with Gasteiger partial charge in [-0.3, -0.25) is 14.8 Å². The number of carbonyl (C=O) groups is 1. The van der Waals surface area contributed by atoms with Gasteiger partial charge in [0.1, 0.15) is 5.82 Å². The molecule has 0 saturated heterocycles. The second-order valence-electron chi connectivity index (χ2n) is 7.24. The number of hydrogen-bond acceptors (Lipinski definition) is 6. The minimum Gasteiger partial charge on any atom is -0.369 e. The molecule has 0 saturated carbocycles. The fourth-order valence-corrected chi connectivity index (χ4v) is 3.43. The van der Waals surface area contributed by atoms with Crippen LogP contribution in [0.4, 0.5) is 14.6 Å². The maximum atomic E-state index is 13.8. The molecular formula is C24H20F2N6O. The molecule has 33 heavy (non-hydrogen) atoms. The van der Waals surface area contributed by atoms with Gasteiger partial charge < -0.3 is 11.1 Å². The summed E-state index contributed by atoms with van der Waals surface area (Å²) in [6, 6.07) is 12.4. The van der Waals surface area contributed by atoms with Crippen molar-refractivity contribution in [2.75, 3.05) is 11.9 Å². The first kappa shape index (κ1) is 21.9. The van der Waals surface area contributed by atoms with E-state index in [1.54, 1.807) is 30.7 Å². The second kappa shape index (κ2) is 9.90. The average Bonchev–Trinajstić information content (AvgIpc) is 2.83. The number of nitrogens with two attached hydrogens (primary N) is 1. The van der Waals surface area contributed by atoms with Crippen molar-refractivity contribution < 1.29 is 13.6 Å². The summed E-state index contributed by atoms with van der Waals surface area (Å²) in [6.07, 6.45) is 6.91. The van der Waals surface area contributed by atoms with E-state index in [2.05, 4.69) is 25.3 Å². The van der Waals surface area contributed by atoms with Gasteiger partial charge in [-0.05, 0) is 48.0 Å². The Bertz CT molecular complexity index is 1250. The van der Waals surface area contributed by atoms with Crippen molar-refractivity contribution in [2.24, 2.45) is 5.73 Å². The number of halogens is 2. The zero-order valence-corrected chi connectivity index (χ0v) is 17.5. The van der Waals surface area contributed by atoms with Crippen LogP contribution in [-0.4, -0.2) is 32.4 Å². The summed E-state index contributed by atoms with van der Waals surface area (Å²) in [5, 5.41) is 3.22. The third kappa shape index (κ3) is 5.15. The largest absolute Gasteiger partial charge is 0.369 e. The van der Waals surface area contributed by atoms with Crippen molar-refractivity contribution >= 4 is 11.7 Å². The summed E-state index contributed by atoms with van der Waals surface area (Å²) in [7, 11) is 0. The molecular weight excluding hydrogens is 426 g/mol. The number of nitrogens with one attached hydrogen (secondary N) is 1. The lowest BCUT2D eigenvalue weighted by Crippen LogP contribution is -2.24. The summed E-state index contributed by atoms with van der Waals surface area (Å²) < 4.78 is 27.1. The zero-order chi connectivity index (χ0) is 23.2. The highest BCUT2D eigenvalue weighted by Crippen LogP contribution is 2.30. The molecule has 4 aromatic rings. The van der Waals surface area contributed by atoms with Crippen LogP contribution in [0.2, 0.25) is 0 Å². The first-order chi connectivity index (χ1) is 16.0. The third-order valence-corrected chi connectivity index (χ3v) is 5.03. The third-order valence-electron chi connectivity index (χ3n) is 5.03. The van der Waals surface area contributed by atoms with E-state index in [-0.39, 0.29) is 5.82 Å². The van der Waals surface area contributed by atoms with Crippen LogP contribution in [-0.2, 0) is 11.2 Å². The maximum Gasteiger partial charge on any atom is 0.229 e. The fraction of sp³-hybridized carbons (Fsp3) is 0.125. The molecule has 9 heteroatoms. The number of benzene rings is 1. The van der Waals surface area contributed by atoms with Crippen LogP contribution in [0, 0.1) is 11.6 Å². The topological polar surface area (TPSA) is 107 Å². The lowest BCUT2D eigenvalue weighted by atomic mass is 9.92. The van der Waals surface area contributed by atoms with Gasteiger partial charge >= 0.3 is 0 Å². The Kier molecular flexibility index (Phi) is 6.58. The highest BCUT2D eigenvalue weighted by molar-refractivity contribution is 5.87. The van der Waals surface area contributed by atoms with Crippen LogP contribution in [0.15, 0.2) is 73.3 Å². The molecule has 3 N–H and O–H groups in total. The minimum atomic E-state index is -1.00. The van der Waals surface area contributed by atoms with Gasteiger partial charge in [0.05, 0.1) is 5.92 Å². The summed E-state index contributed by atoms with van der Waals surface area (Å²) in [5.41, 5.74) is 8.00. The molecule has 0 aliphatic carbocycles. The number of aromatic nitrogens is 4. The zero-order valence-electron chi connectivity index (χ0n) is 17.5. The van der Waals surface area contributed by atoms with Crippen LogP contribution in [0.5, 0.6) is 0 Å². The highest BCUT2D eigenvalue weighted by atomic mass is 19.2. The number of carbonyl (C=O) groups excluding carboxylic acids is 1. The molecule has 0 bridgehead atoms. The number of rotatable bonds is 8. The molecule has 3 heterocycles. The molecule has 0 radical (unpaired) electrons. The SMILES string of the molecule is NC(=O)C(c1ccncc1)c1cnc(-c2ccc(F)c(F)c2)nc1NCCc1ccccn1. The first-order valence-electron chi connectivity index (χ1n) is 10.2. The summed E-state index contributed by atoms with van der Waals surface area (Å²) in [4.78, 5) is 29.5. The normalized spacial score (nSPS) is 11.7. The van der Waals surface area contributed by atoms with Gasteiger partial charge in [-0.2, -0.15) is 0 Å². The van der Waals surface area contributed by atoms with E-state index in [0.717, 1.165) is 17.8 Å². The Hall–Kier alpha value is -4.27. The molecule has 0 aliphatic rings. The molecule has 0 spiro atoms. The van der Waals surface area contributed by atoms with Crippen LogP contribution in [0.1, 0.15) is 22.7 Å². The van der Waals surface area contributed by atoms with Crippen molar-refractivity contribution in [3.63, 3.8) is 0 Å². The van der Waals surface area contributed by atoms with Gasteiger partial charge in [-0.15, -0.1) is 0 Å². The minimum absolute atomic E-state index is 0.177. The predicted octanol–water partition coefficient (Wildman–Crippen LogP) is 3.48. The van der Waals surface area contributed by atoms with Crippen molar-refractivity contribution in [3.8, 4) is 11.4 Å². The van der Waals surface area contributed by atoms with Gasteiger partial charge in [-0.25, -0.2) is 18.7 Å². The number of primary amides is 1.